The minimum absolute atomic E-state index is 0.261. The first-order chi connectivity index (χ1) is 9.87. The maximum Gasteiger partial charge on any atom is 0.240 e. The maximum atomic E-state index is 12.3. The van der Waals surface area contributed by atoms with Crippen molar-refractivity contribution in [1.29, 1.82) is 0 Å². The Balaban J connectivity index is 1.89. The molecule has 1 saturated carbocycles. The maximum absolute atomic E-state index is 12.3. The number of benzene rings is 1. The van der Waals surface area contributed by atoms with E-state index in [-0.39, 0.29) is 4.90 Å². The summed E-state index contributed by atoms with van der Waals surface area (Å²) in [4.78, 5) is 0.261. The molecule has 0 heterocycles. The summed E-state index contributed by atoms with van der Waals surface area (Å²) >= 11 is 0. The van der Waals surface area contributed by atoms with Crippen molar-refractivity contribution in [1.82, 2.24) is 4.72 Å². The minimum atomic E-state index is -3.45. The molecule has 1 fully saturated rings. The number of hydrogen-bond acceptors (Lipinski definition) is 3. The number of aryl methyl sites for hydroxylation is 1. The summed E-state index contributed by atoms with van der Waals surface area (Å²) < 4.78 is 27.2. The Morgan fingerprint density at radius 1 is 1.19 bits per heavy atom. The zero-order valence-electron chi connectivity index (χ0n) is 12.9. The third-order valence-electron chi connectivity index (χ3n) is 4.36. The van der Waals surface area contributed by atoms with Gasteiger partial charge in [0, 0.05) is 12.2 Å². The number of nitrogens with two attached hydrogens (primary N) is 1. The third-order valence-corrected chi connectivity index (χ3v) is 5.80. The van der Waals surface area contributed by atoms with Crippen molar-refractivity contribution in [2.45, 2.75) is 50.8 Å². The number of anilines is 1. The normalized spacial score (nSPS) is 23.1. The Morgan fingerprint density at radius 3 is 2.48 bits per heavy atom. The Labute approximate surface area is 128 Å². The van der Waals surface area contributed by atoms with E-state index in [1.807, 2.05) is 6.92 Å². The molecule has 0 bridgehead atoms. The van der Waals surface area contributed by atoms with E-state index in [1.165, 1.54) is 31.7 Å². The van der Waals surface area contributed by atoms with Crippen LogP contribution < -0.4 is 10.5 Å². The molecular weight excluding hydrogens is 284 g/mol. The monoisotopic (exact) mass is 310 g/mol. The van der Waals surface area contributed by atoms with E-state index in [0.29, 0.717) is 18.2 Å². The number of nitrogens with one attached hydrogen (secondary N) is 1. The standard InChI is InChI=1S/C16H26N2O2S/c1-12-3-5-14(6-4-12)7-8-18-21(19,20)16-10-13(2)9-15(17)11-16/h9-12,14,18H,3-8,17H2,1-2H3. The first-order valence-electron chi connectivity index (χ1n) is 7.73. The Hall–Kier alpha value is -1.07. The van der Waals surface area contributed by atoms with Gasteiger partial charge in [-0.05, 0) is 48.9 Å². The molecular formula is C16H26N2O2S. The highest BCUT2D eigenvalue weighted by molar-refractivity contribution is 7.89. The fourth-order valence-corrected chi connectivity index (χ4v) is 4.22. The van der Waals surface area contributed by atoms with E-state index in [2.05, 4.69) is 11.6 Å². The van der Waals surface area contributed by atoms with Gasteiger partial charge in [-0.15, -0.1) is 0 Å². The zero-order chi connectivity index (χ0) is 15.5. The second-order valence-corrected chi connectivity index (χ2v) is 8.16. The van der Waals surface area contributed by atoms with Crippen LogP contribution in [0.4, 0.5) is 5.69 Å². The highest BCUT2D eigenvalue weighted by Crippen LogP contribution is 2.30. The molecule has 0 atom stereocenters. The van der Waals surface area contributed by atoms with Gasteiger partial charge in [-0.25, -0.2) is 13.1 Å². The van der Waals surface area contributed by atoms with E-state index in [4.69, 9.17) is 5.73 Å². The van der Waals surface area contributed by atoms with Gasteiger partial charge in [0.25, 0.3) is 0 Å². The molecule has 21 heavy (non-hydrogen) atoms. The van der Waals surface area contributed by atoms with Crippen molar-refractivity contribution in [3.05, 3.63) is 23.8 Å². The summed E-state index contributed by atoms with van der Waals surface area (Å²) in [6, 6.07) is 4.93. The lowest BCUT2D eigenvalue weighted by Crippen LogP contribution is -2.27. The van der Waals surface area contributed by atoms with Crippen LogP contribution in [0.15, 0.2) is 23.1 Å². The van der Waals surface area contributed by atoms with Crippen molar-refractivity contribution in [2.24, 2.45) is 11.8 Å². The molecule has 3 N–H and O–H groups in total. The van der Waals surface area contributed by atoms with Crippen molar-refractivity contribution in [3.63, 3.8) is 0 Å². The van der Waals surface area contributed by atoms with Gasteiger partial charge in [0.2, 0.25) is 10.0 Å². The number of sulfonamides is 1. The lowest BCUT2D eigenvalue weighted by atomic mass is 9.81. The molecule has 1 aromatic carbocycles. The first-order valence-corrected chi connectivity index (χ1v) is 9.22. The molecule has 0 unspecified atom stereocenters. The van der Waals surface area contributed by atoms with Crippen LogP contribution in [0.25, 0.3) is 0 Å². The van der Waals surface area contributed by atoms with Crippen LogP contribution in [0, 0.1) is 18.8 Å². The van der Waals surface area contributed by atoms with Crippen LogP contribution in [0.2, 0.25) is 0 Å². The molecule has 0 spiro atoms. The molecule has 2 rings (SSSR count). The van der Waals surface area contributed by atoms with Crippen molar-refractivity contribution >= 4 is 15.7 Å². The predicted molar refractivity (Wildman–Crippen MR) is 86.5 cm³/mol. The van der Waals surface area contributed by atoms with Gasteiger partial charge in [-0.3, -0.25) is 0 Å². The molecule has 1 aromatic rings. The fraction of sp³-hybridized carbons (Fsp3) is 0.625. The third kappa shape index (κ3) is 4.71. The van der Waals surface area contributed by atoms with E-state index in [0.717, 1.165) is 17.9 Å². The number of rotatable bonds is 5. The largest absolute Gasteiger partial charge is 0.399 e. The van der Waals surface area contributed by atoms with E-state index >= 15 is 0 Å². The molecule has 0 saturated heterocycles. The first kappa shape index (κ1) is 16.3. The summed E-state index contributed by atoms with van der Waals surface area (Å²) in [7, 11) is -3.45. The summed E-state index contributed by atoms with van der Waals surface area (Å²) in [5, 5.41) is 0. The summed E-state index contributed by atoms with van der Waals surface area (Å²) in [6.45, 7) is 4.65. The van der Waals surface area contributed by atoms with Gasteiger partial charge in [0.15, 0.2) is 0 Å². The quantitative estimate of drug-likeness (QED) is 0.821. The SMILES string of the molecule is Cc1cc(N)cc(S(=O)(=O)NCCC2CCC(C)CC2)c1. The fourth-order valence-electron chi connectivity index (χ4n) is 3.03. The predicted octanol–water partition coefficient (Wildman–Crippen LogP) is 3.07. The van der Waals surface area contributed by atoms with Crippen LogP contribution >= 0.6 is 0 Å². The van der Waals surface area contributed by atoms with Gasteiger partial charge in [-0.2, -0.15) is 0 Å². The average molecular weight is 310 g/mol. The van der Waals surface area contributed by atoms with E-state index < -0.39 is 10.0 Å². The van der Waals surface area contributed by atoms with Gasteiger partial charge in [0.05, 0.1) is 4.90 Å². The summed E-state index contributed by atoms with van der Waals surface area (Å²) in [5.74, 6) is 1.49. The lowest BCUT2D eigenvalue weighted by Gasteiger charge is -2.26. The molecule has 118 valence electrons. The molecule has 0 amide bonds. The van der Waals surface area contributed by atoms with E-state index in [1.54, 1.807) is 12.1 Å². The second-order valence-electron chi connectivity index (χ2n) is 6.39. The Morgan fingerprint density at radius 2 is 1.86 bits per heavy atom. The van der Waals surface area contributed by atoms with Crippen molar-refractivity contribution in [2.75, 3.05) is 12.3 Å². The van der Waals surface area contributed by atoms with Gasteiger partial charge in [0.1, 0.15) is 0 Å². The topological polar surface area (TPSA) is 72.2 Å². The average Bonchev–Trinajstić information content (AvgIpc) is 2.40. The van der Waals surface area contributed by atoms with Gasteiger partial charge < -0.3 is 5.73 Å². The van der Waals surface area contributed by atoms with Crippen LogP contribution in [0.3, 0.4) is 0 Å². The number of hydrogen-bond donors (Lipinski definition) is 2. The Kier molecular flexibility index (Phi) is 5.27. The van der Waals surface area contributed by atoms with Crippen LogP contribution in [0.5, 0.6) is 0 Å². The second kappa shape index (κ2) is 6.79. The summed E-state index contributed by atoms with van der Waals surface area (Å²) in [6.07, 6.45) is 5.91. The molecule has 0 aromatic heterocycles. The van der Waals surface area contributed by atoms with Gasteiger partial charge >= 0.3 is 0 Å². The van der Waals surface area contributed by atoms with Gasteiger partial charge in [-0.1, -0.05) is 32.6 Å². The van der Waals surface area contributed by atoms with Crippen molar-refractivity contribution in [3.8, 4) is 0 Å². The zero-order valence-corrected chi connectivity index (χ0v) is 13.7. The lowest BCUT2D eigenvalue weighted by molar-refractivity contribution is 0.278. The Bertz CT molecular complexity index is 556. The minimum Gasteiger partial charge on any atom is -0.399 e. The highest BCUT2D eigenvalue weighted by Gasteiger charge is 2.19. The summed E-state index contributed by atoms with van der Waals surface area (Å²) in [5.41, 5.74) is 7.06. The highest BCUT2D eigenvalue weighted by atomic mass is 32.2. The molecule has 0 radical (unpaired) electrons. The smallest absolute Gasteiger partial charge is 0.240 e. The van der Waals surface area contributed by atoms with Crippen LogP contribution in [0.1, 0.15) is 44.6 Å². The number of nitrogen functional groups attached to an aromatic ring is 1. The van der Waals surface area contributed by atoms with Crippen LogP contribution in [-0.4, -0.2) is 15.0 Å². The van der Waals surface area contributed by atoms with Crippen LogP contribution in [-0.2, 0) is 10.0 Å². The molecule has 0 aliphatic heterocycles. The molecule has 5 heteroatoms. The van der Waals surface area contributed by atoms with E-state index in [9.17, 15) is 8.42 Å². The molecule has 1 aliphatic carbocycles. The van der Waals surface area contributed by atoms with Crippen molar-refractivity contribution < 1.29 is 8.42 Å². The molecule has 1 aliphatic rings. The molecule has 4 nitrogen and oxygen atoms in total.